The fourth-order valence-corrected chi connectivity index (χ4v) is 2.26. The Labute approximate surface area is 81.7 Å². The summed E-state index contributed by atoms with van der Waals surface area (Å²) in [6, 6.07) is 0.669. The summed E-state index contributed by atoms with van der Waals surface area (Å²) in [4.78, 5) is 0. The van der Waals surface area contributed by atoms with E-state index in [0.717, 1.165) is 18.4 Å². The summed E-state index contributed by atoms with van der Waals surface area (Å²) < 4.78 is 0. The van der Waals surface area contributed by atoms with Gasteiger partial charge in [0.1, 0.15) is 0 Å². The smallest absolute Gasteiger partial charge is 0.0556 e. The second-order valence-corrected chi connectivity index (χ2v) is 4.53. The van der Waals surface area contributed by atoms with Crippen LogP contribution in [0.3, 0.4) is 0 Å². The topological polar surface area (TPSA) is 32.3 Å². The Morgan fingerprint density at radius 3 is 2.31 bits per heavy atom. The average Bonchev–Trinajstić information content (AvgIpc) is 2.15. The largest absolute Gasteiger partial charge is 0.395 e. The maximum Gasteiger partial charge on any atom is 0.0556 e. The fourth-order valence-electron chi connectivity index (χ4n) is 2.26. The van der Waals surface area contributed by atoms with E-state index in [9.17, 15) is 0 Å². The van der Waals surface area contributed by atoms with Crippen molar-refractivity contribution in [1.82, 2.24) is 5.32 Å². The molecule has 0 saturated heterocycles. The van der Waals surface area contributed by atoms with Crippen LogP contribution in [0.5, 0.6) is 0 Å². The lowest BCUT2D eigenvalue weighted by atomic mass is 9.80. The van der Waals surface area contributed by atoms with Crippen LogP contribution < -0.4 is 5.32 Å². The monoisotopic (exact) mass is 185 g/mol. The number of aliphatic hydroxyl groups excluding tert-OH is 1. The van der Waals surface area contributed by atoms with Crippen LogP contribution in [0.2, 0.25) is 0 Å². The van der Waals surface area contributed by atoms with Crippen LogP contribution in [0.15, 0.2) is 0 Å². The fraction of sp³-hybridized carbons (Fsp3) is 1.00. The van der Waals surface area contributed by atoms with E-state index in [-0.39, 0.29) is 6.61 Å². The second-order valence-electron chi connectivity index (χ2n) is 4.53. The molecule has 0 aromatic heterocycles. The first-order chi connectivity index (χ1) is 6.24. The summed E-state index contributed by atoms with van der Waals surface area (Å²) in [6.45, 7) is 5.68. The van der Waals surface area contributed by atoms with Crippen molar-refractivity contribution in [3.05, 3.63) is 0 Å². The van der Waals surface area contributed by atoms with Crippen LogP contribution in [0, 0.1) is 11.8 Å². The molecular formula is C11H23NO. The molecule has 1 fully saturated rings. The molecule has 2 nitrogen and oxygen atoms in total. The van der Waals surface area contributed by atoms with Crippen molar-refractivity contribution in [1.29, 1.82) is 0 Å². The molecule has 0 bridgehead atoms. The van der Waals surface area contributed by atoms with Gasteiger partial charge in [-0.3, -0.25) is 0 Å². The molecule has 0 aromatic carbocycles. The number of hydrogen-bond donors (Lipinski definition) is 2. The highest BCUT2D eigenvalue weighted by Gasteiger charge is 2.22. The van der Waals surface area contributed by atoms with E-state index < -0.39 is 0 Å². The molecule has 0 amide bonds. The third-order valence-electron chi connectivity index (χ3n) is 3.26. The van der Waals surface area contributed by atoms with Crippen molar-refractivity contribution < 1.29 is 5.11 Å². The number of nitrogens with one attached hydrogen (secondary N) is 1. The molecule has 0 heterocycles. The van der Waals surface area contributed by atoms with Crippen molar-refractivity contribution in [2.24, 2.45) is 11.8 Å². The summed E-state index contributed by atoms with van der Waals surface area (Å²) in [5.41, 5.74) is 0. The van der Waals surface area contributed by atoms with Gasteiger partial charge >= 0.3 is 0 Å². The zero-order chi connectivity index (χ0) is 9.68. The Hall–Kier alpha value is -0.0800. The van der Waals surface area contributed by atoms with E-state index in [4.69, 9.17) is 5.11 Å². The predicted octanol–water partition coefficient (Wildman–Crippen LogP) is 1.78. The average molecular weight is 185 g/mol. The Kier molecular flexibility index (Phi) is 4.74. The first-order valence-corrected chi connectivity index (χ1v) is 5.58. The lowest BCUT2D eigenvalue weighted by Gasteiger charge is -2.31. The third-order valence-corrected chi connectivity index (χ3v) is 3.26. The summed E-state index contributed by atoms with van der Waals surface area (Å²) >= 11 is 0. The van der Waals surface area contributed by atoms with Crippen molar-refractivity contribution in [2.75, 3.05) is 13.2 Å². The van der Waals surface area contributed by atoms with Gasteiger partial charge in [0.25, 0.3) is 0 Å². The molecule has 0 unspecified atom stereocenters. The Morgan fingerprint density at radius 1 is 1.23 bits per heavy atom. The van der Waals surface area contributed by atoms with E-state index in [0.29, 0.717) is 6.04 Å². The standard InChI is InChI=1S/C11H23NO/c1-9(2)10-3-5-11(6-4-10)12-7-8-13/h9-13H,3-8H2,1-2H3. The highest BCUT2D eigenvalue weighted by atomic mass is 16.3. The highest BCUT2D eigenvalue weighted by Crippen LogP contribution is 2.29. The van der Waals surface area contributed by atoms with Crippen LogP contribution in [-0.4, -0.2) is 24.3 Å². The molecule has 2 N–H and O–H groups in total. The molecule has 1 rings (SSSR count). The third kappa shape index (κ3) is 3.65. The van der Waals surface area contributed by atoms with Crippen LogP contribution in [-0.2, 0) is 0 Å². The zero-order valence-electron chi connectivity index (χ0n) is 8.92. The minimum Gasteiger partial charge on any atom is -0.395 e. The van der Waals surface area contributed by atoms with Gasteiger partial charge in [0.05, 0.1) is 6.61 Å². The van der Waals surface area contributed by atoms with Crippen LogP contribution in [0.25, 0.3) is 0 Å². The number of hydrogen-bond acceptors (Lipinski definition) is 2. The molecule has 78 valence electrons. The first kappa shape index (κ1) is 11.0. The molecular weight excluding hydrogens is 162 g/mol. The van der Waals surface area contributed by atoms with Crippen molar-refractivity contribution in [2.45, 2.75) is 45.6 Å². The van der Waals surface area contributed by atoms with Crippen LogP contribution in [0.1, 0.15) is 39.5 Å². The van der Waals surface area contributed by atoms with Gasteiger partial charge in [-0.25, -0.2) is 0 Å². The van der Waals surface area contributed by atoms with E-state index in [1.807, 2.05) is 0 Å². The van der Waals surface area contributed by atoms with Gasteiger partial charge in [-0.2, -0.15) is 0 Å². The highest BCUT2D eigenvalue weighted by molar-refractivity contribution is 4.78. The number of rotatable bonds is 4. The molecule has 1 aliphatic rings. The molecule has 0 aromatic rings. The number of aliphatic hydroxyl groups is 1. The second kappa shape index (κ2) is 5.61. The molecule has 0 spiro atoms. The zero-order valence-corrected chi connectivity index (χ0v) is 8.92. The Balaban J connectivity index is 2.15. The Morgan fingerprint density at radius 2 is 1.85 bits per heavy atom. The predicted molar refractivity (Wildman–Crippen MR) is 55.7 cm³/mol. The molecule has 0 atom stereocenters. The summed E-state index contributed by atoms with van der Waals surface area (Å²) in [7, 11) is 0. The van der Waals surface area contributed by atoms with E-state index in [1.54, 1.807) is 0 Å². The van der Waals surface area contributed by atoms with Gasteiger partial charge in [-0.05, 0) is 37.5 Å². The quantitative estimate of drug-likeness (QED) is 0.700. The minimum atomic E-state index is 0.268. The van der Waals surface area contributed by atoms with Crippen molar-refractivity contribution >= 4 is 0 Å². The lowest BCUT2D eigenvalue weighted by molar-refractivity contribution is 0.224. The first-order valence-electron chi connectivity index (χ1n) is 5.58. The van der Waals surface area contributed by atoms with E-state index in [2.05, 4.69) is 19.2 Å². The van der Waals surface area contributed by atoms with Crippen molar-refractivity contribution in [3.8, 4) is 0 Å². The molecule has 1 aliphatic carbocycles. The summed E-state index contributed by atoms with van der Waals surface area (Å²) in [6.07, 6.45) is 5.31. The maximum atomic E-state index is 8.67. The Bertz CT molecular complexity index is 128. The minimum absolute atomic E-state index is 0.268. The van der Waals surface area contributed by atoms with Crippen LogP contribution in [0.4, 0.5) is 0 Å². The molecule has 0 radical (unpaired) electrons. The summed E-state index contributed by atoms with van der Waals surface area (Å²) in [5.74, 6) is 1.78. The van der Waals surface area contributed by atoms with E-state index in [1.165, 1.54) is 25.7 Å². The van der Waals surface area contributed by atoms with Gasteiger partial charge in [0.15, 0.2) is 0 Å². The lowest BCUT2D eigenvalue weighted by Crippen LogP contribution is -2.35. The molecule has 0 aliphatic heterocycles. The normalized spacial score (nSPS) is 29.5. The van der Waals surface area contributed by atoms with E-state index >= 15 is 0 Å². The maximum absolute atomic E-state index is 8.67. The van der Waals surface area contributed by atoms with Crippen LogP contribution >= 0.6 is 0 Å². The molecule has 1 saturated carbocycles. The van der Waals surface area contributed by atoms with Gasteiger partial charge in [0.2, 0.25) is 0 Å². The van der Waals surface area contributed by atoms with Gasteiger partial charge < -0.3 is 10.4 Å². The van der Waals surface area contributed by atoms with Gasteiger partial charge in [-0.15, -0.1) is 0 Å². The van der Waals surface area contributed by atoms with Gasteiger partial charge in [-0.1, -0.05) is 13.8 Å². The molecule has 13 heavy (non-hydrogen) atoms. The van der Waals surface area contributed by atoms with Crippen molar-refractivity contribution in [3.63, 3.8) is 0 Å². The summed E-state index contributed by atoms with van der Waals surface area (Å²) in [5, 5.41) is 12.1. The molecule has 2 heteroatoms. The SMILES string of the molecule is CC(C)C1CCC(NCCO)CC1. The van der Waals surface area contributed by atoms with Gasteiger partial charge in [0, 0.05) is 12.6 Å².